The van der Waals surface area contributed by atoms with E-state index in [-0.39, 0.29) is 22.7 Å². The van der Waals surface area contributed by atoms with Crippen LogP contribution in [0, 0.1) is 0 Å². The molecule has 3 heteroatoms. The van der Waals surface area contributed by atoms with Gasteiger partial charge in [-0.25, -0.2) is 0 Å². The summed E-state index contributed by atoms with van der Waals surface area (Å²) in [5, 5.41) is 0. The molecule has 0 radical (unpaired) electrons. The van der Waals surface area contributed by atoms with Crippen molar-refractivity contribution in [3.8, 4) is 5.75 Å². The molecular formula is C24H30O3. The summed E-state index contributed by atoms with van der Waals surface area (Å²) in [6.07, 6.45) is 0.183. The maximum absolute atomic E-state index is 13.3. The van der Waals surface area contributed by atoms with E-state index in [2.05, 4.69) is 53.7 Å². The van der Waals surface area contributed by atoms with Crippen LogP contribution >= 0.6 is 0 Å². The monoisotopic (exact) mass is 366 g/mol. The first-order valence-corrected chi connectivity index (χ1v) is 9.60. The second-order valence-electron chi connectivity index (χ2n) is 9.35. The van der Waals surface area contributed by atoms with Gasteiger partial charge in [0, 0.05) is 16.7 Å². The van der Waals surface area contributed by atoms with Crippen molar-refractivity contribution in [1.82, 2.24) is 0 Å². The molecule has 0 spiro atoms. The predicted octanol–water partition coefficient (Wildman–Crippen LogP) is 5.29. The third kappa shape index (κ3) is 4.59. The van der Waals surface area contributed by atoms with Crippen LogP contribution in [0.3, 0.4) is 0 Å². The Morgan fingerprint density at radius 3 is 2.15 bits per heavy atom. The second kappa shape index (κ2) is 7.12. The molecule has 3 nitrogen and oxygen atoms in total. The van der Waals surface area contributed by atoms with E-state index in [0.717, 1.165) is 17.9 Å². The van der Waals surface area contributed by atoms with E-state index in [1.54, 1.807) is 0 Å². The first kappa shape index (κ1) is 19.6. The first-order valence-electron chi connectivity index (χ1n) is 9.60. The van der Waals surface area contributed by atoms with Crippen molar-refractivity contribution in [3.63, 3.8) is 0 Å². The minimum absolute atomic E-state index is 0.0357. The normalized spacial score (nSPS) is 16.9. The average Bonchev–Trinajstić information content (AvgIpc) is 3.42. The molecule has 1 atom stereocenters. The molecule has 0 bridgehead atoms. The molecule has 144 valence electrons. The number of hydrogen-bond acceptors (Lipinski definition) is 3. The third-order valence-electron chi connectivity index (χ3n) is 4.86. The Balaban J connectivity index is 1.96. The summed E-state index contributed by atoms with van der Waals surface area (Å²) in [5.41, 5.74) is 3.44. The maximum Gasteiger partial charge on any atom is 0.193 e. The molecule has 1 aliphatic rings. The highest BCUT2D eigenvalue weighted by molar-refractivity contribution is 6.10. The van der Waals surface area contributed by atoms with E-state index in [1.807, 2.05) is 30.3 Å². The van der Waals surface area contributed by atoms with Crippen LogP contribution in [0.5, 0.6) is 5.75 Å². The van der Waals surface area contributed by atoms with Gasteiger partial charge in [-0.3, -0.25) is 4.79 Å². The van der Waals surface area contributed by atoms with Gasteiger partial charge in [0.2, 0.25) is 0 Å². The highest BCUT2D eigenvalue weighted by Gasteiger charge is 2.29. The fraction of sp³-hybridized carbons (Fsp3) is 0.458. The summed E-state index contributed by atoms with van der Waals surface area (Å²) in [7, 11) is 0. The zero-order chi connectivity index (χ0) is 19.8. The van der Waals surface area contributed by atoms with Gasteiger partial charge in [0.1, 0.15) is 18.5 Å². The Labute approximate surface area is 162 Å². The molecule has 1 aliphatic heterocycles. The van der Waals surface area contributed by atoms with Gasteiger partial charge in [-0.05, 0) is 22.5 Å². The molecule has 3 rings (SSSR count). The predicted molar refractivity (Wildman–Crippen MR) is 109 cm³/mol. The zero-order valence-corrected chi connectivity index (χ0v) is 17.3. The van der Waals surface area contributed by atoms with Crippen LogP contribution in [0.2, 0.25) is 0 Å². The average molecular weight is 367 g/mol. The van der Waals surface area contributed by atoms with Gasteiger partial charge in [0.25, 0.3) is 0 Å². The topological polar surface area (TPSA) is 38.8 Å². The minimum atomic E-state index is -0.211. The number of ether oxygens (including phenoxy) is 2. The summed E-state index contributed by atoms with van der Waals surface area (Å²) < 4.78 is 11.3. The maximum atomic E-state index is 13.3. The van der Waals surface area contributed by atoms with Crippen LogP contribution in [0.25, 0.3) is 0 Å². The Morgan fingerprint density at radius 1 is 1.00 bits per heavy atom. The fourth-order valence-electron chi connectivity index (χ4n) is 3.24. The number of benzene rings is 2. The third-order valence-corrected chi connectivity index (χ3v) is 4.86. The van der Waals surface area contributed by atoms with Gasteiger partial charge < -0.3 is 9.47 Å². The van der Waals surface area contributed by atoms with E-state index >= 15 is 0 Å². The lowest BCUT2D eigenvalue weighted by molar-refractivity contribution is 0.103. The fourth-order valence-corrected chi connectivity index (χ4v) is 3.24. The Morgan fingerprint density at radius 2 is 1.63 bits per heavy atom. The van der Waals surface area contributed by atoms with E-state index in [1.165, 1.54) is 5.56 Å². The van der Waals surface area contributed by atoms with Crippen molar-refractivity contribution >= 4 is 5.78 Å². The Bertz CT molecular complexity index is 816. The van der Waals surface area contributed by atoms with E-state index in [0.29, 0.717) is 17.7 Å². The van der Waals surface area contributed by atoms with Crippen LogP contribution in [-0.4, -0.2) is 25.1 Å². The molecule has 1 unspecified atom stereocenters. The number of carbonyl (C=O) groups excluding carboxylic acids is 1. The molecule has 0 saturated carbocycles. The molecule has 1 fully saturated rings. The van der Waals surface area contributed by atoms with Crippen molar-refractivity contribution < 1.29 is 14.3 Å². The quantitative estimate of drug-likeness (QED) is 0.533. The van der Waals surface area contributed by atoms with Gasteiger partial charge in [0.05, 0.1) is 6.61 Å². The van der Waals surface area contributed by atoms with Crippen molar-refractivity contribution in [2.75, 3.05) is 13.2 Å². The lowest BCUT2D eigenvalue weighted by Crippen LogP contribution is -2.20. The number of hydrogen-bond donors (Lipinski definition) is 0. The lowest BCUT2D eigenvalue weighted by atomic mass is 9.80. The van der Waals surface area contributed by atoms with Crippen LogP contribution in [0.15, 0.2) is 42.5 Å². The van der Waals surface area contributed by atoms with Crippen molar-refractivity contribution in [2.45, 2.75) is 58.5 Å². The highest BCUT2D eigenvalue weighted by Crippen LogP contribution is 2.36. The summed E-state index contributed by atoms with van der Waals surface area (Å²) >= 11 is 0. The molecule has 0 amide bonds. The largest absolute Gasteiger partial charge is 0.490 e. The Kier molecular flexibility index (Phi) is 5.18. The van der Waals surface area contributed by atoms with Gasteiger partial charge in [0.15, 0.2) is 5.78 Å². The molecule has 0 aliphatic carbocycles. The number of rotatable bonds is 5. The summed E-state index contributed by atoms with van der Waals surface area (Å²) in [6.45, 7) is 14.1. The molecule has 27 heavy (non-hydrogen) atoms. The van der Waals surface area contributed by atoms with E-state index < -0.39 is 0 Å². The van der Waals surface area contributed by atoms with E-state index in [4.69, 9.17) is 9.47 Å². The van der Waals surface area contributed by atoms with Crippen LogP contribution in [0.4, 0.5) is 0 Å². The zero-order valence-electron chi connectivity index (χ0n) is 17.3. The first-order chi connectivity index (χ1) is 12.6. The Hall–Kier alpha value is -2.13. The number of epoxide rings is 1. The van der Waals surface area contributed by atoms with Crippen molar-refractivity contribution in [1.29, 1.82) is 0 Å². The molecule has 1 saturated heterocycles. The molecule has 2 aromatic carbocycles. The standard InChI is InChI=1S/C24H30O3/c1-23(2,3)17-12-10-16(11-13-17)22(25)19-8-7-9-20(21(19)24(4,5)6)27-15-18-14-26-18/h7-13,18H,14-15H2,1-6H3. The molecular weight excluding hydrogens is 336 g/mol. The highest BCUT2D eigenvalue weighted by atomic mass is 16.6. The summed E-state index contributed by atoms with van der Waals surface area (Å²) in [6, 6.07) is 13.7. The SMILES string of the molecule is CC(C)(C)c1ccc(C(=O)c2cccc(OCC3CO3)c2C(C)(C)C)cc1. The van der Waals surface area contributed by atoms with Crippen LogP contribution in [0.1, 0.15) is 68.6 Å². The van der Waals surface area contributed by atoms with E-state index in [9.17, 15) is 4.79 Å². The molecule has 1 heterocycles. The van der Waals surface area contributed by atoms with Gasteiger partial charge in [-0.15, -0.1) is 0 Å². The van der Waals surface area contributed by atoms with Crippen LogP contribution in [-0.2, 0) is 15.6 Å². The molecule has 0 N–H and O–H groups in total. The van der Waals surface area contributed by atoms with Gasteiger partial charge in [-0.1, -0.05) is 77.9 Å². The van der Waals surface area contributed by atoms with Crippen molar-refractivity contribution in [2.24, 2.45) is 0 Å². The van der Waals surface area contributed by atoms with Gasteiger partial charge in [-0.2, -0.15) is 0 Å². The minimum Gasteiger partial charge on any atom is -0.490 e. The summed E-state index contributed by atoms with van der Waals surface area (Å²) in [4.78, 5) is 13.3. The van der Waals surface area contributed by atoms with Gasteiger partial charge >= 0.3 is 0 Å². The number of carbonyl (C=O) groups is 1. The molecule has 0 aromatic heterocycles. The van der Waals surface area contributed by atoms with Crippen LogP contribution < -0.4 is 4.74 Å². The second-order valence-corrected chi connectivity index (χ2v) is 9.35. The van der Waals surface area contributed by atoms with Crippen molar-refractivity contribution in [3.05, 3.63) is 64.7 Å². The smallest absolute Gasteiger partial charge is 0.193 e. The molecule has 2 aromatic rings. The summed E-state index contributed by atoms with van der Waals surface area (Å²) in [5.74, 6) is 0.809. The lowest BCUT2D eigenvalue weighted by Gasteiger charge is -2.26. The number of ketones is 1.